The van der Waals surface area contributed by atoms with Gasteiger partial charge in [-0.25, -0.2) is 0 Å². The lowest BCUT2D eigenvalue weighted by Gasteiger charge is -2.18. The first kappa shape index (κ1) is 15.9. The topological polar surface area (TPSA) is 41.5 Å². The summed E-state index contributed by atoms with van der Waals surface area (Å²) in [5.41, 5.74) is 2.00. The second-order valence-corrected chi connectivity index (χ2v) is 5.72. The number of benzene rings is 2. The van der Waals surface area contributed by atoms with Crippen LogP contribution in [0.4, 0.5) is 5.69 Å². The first-order valence-electron chi connectivity index (χ1n) is 7.08. The average Bonchev–Trinajstić information content (AvgIpc) is 2.51. The van der Waals surface area contributed by atoms with E-state index in [0.29, 0.717) is 0 Å². The molecule has 0 aliphatic carbocycles. The summed E-state index contributed by atoms with van der Waals surface area (Å²) in [6.45, 7) is 2.83. The second-order valence-electron chi connectivity index (χ2n) is 4.81. The van der Waals surface area contributed by atoms with Crippen LogP contribution in [0.3, 0.4) is 0 Å². The highest BCUT2D eigenvalue weighted by atomic mass is 79.9. The van der Waals surface area contributed by atoms with E-state index in [1.165, 1.54) is 0 Å². The number of nitrogens with one attached hydrogen (secondary N) is 1. The molecule has 2 N–H and O–H groups in total. The van der Waals surface area contributed by atoms with Crippen LogP contribution in [-0.4, -0.2) is 18.3 Å². The highest BCUT2D eigenvalue weighted by molar-refractivity contribution is 9.10. The molecule has 0 bridgehead atoms. The van der Waals surface area contributed by atoms with Gasteiger partial charge in [-0.3, -0.25) is 0 Å². The number of hydrogen-bond acceptors (Lipinski definition) is 3. The minimum absolute atomic E-state index is 0.0294. The molecule has 0 amide bonds. The molecule has 2 aromatic carbocycles. The Hall–Kier alpha value is -1.52. The van der Waals surface area contributed by atoms with E-state index in [-0.39, 0.29) is 12.6 Å². The van der Waals surface area contributed by atoms with Crippen molar-refractivity contribution < 1.29 is 9.84 Å². The molecule has 1 unspecified atom stereocenters. The summed E-state index contributed by atoms with van der Waals surface area (Å²) in [6, 6.07) is 15.6. The van der Waals surface area contributed by atoms with Gasteiger partial charge in [0.15, 0.2) is 0 Å². The van der Waals surface area contributed by atoms with E-state index >= 15 is 0 Å². The third-order valence-corrected chi connectivity index (χ3v) is 3.60. The lowest BCUT2D eigenvalue weighted by atomic mass is 10.1. The van der Waals surface area contributed by atoms with E-state index in [1.54, 1.807) is 0 Å². The van der Waals surface area contributed by atoms with Gasteiger partial charge in [0.1, 0.15) is 5.75 Å². The number of aliphatic hydroxyl groups is 1. The molecule has 21 heavy (non-hydrogen) atoms. The Labute approximate surface area is 134 Å². The molecular weight excluding hydrogens is 330 g/mol. The van der Waals surface area contributed by atoms with Crippen molar-refractivity contribution in [3.05, 3.63) is 58.6 Å². The fourth-order valence-corrected chi connectivity index (χ4v) is 2.43. The molecule has 0 aromatic heterocycles. The Bertz CT molecular complexity index is 557. The van der Waals surface area contributed by atoms with Crippen molar-refractivity contribution >= 4 is 21.6 Å². The van der Waals surface area contributed by atoms with Crippen LogP contribution in [0.25, 0.3) is 0 Å². The van der Waals surface area contributed by atoms with Crippen molar-refractivity contribution in [2.24, 2.45) is 0 Å². The van der Waals surface area contributed by atoms with Crippen LogP contribution in [0.2, 0.25) is 0 Å². The lowest BCUT2D eigenvalue weighted by molar-refractivity contribution is 0.276. The molecule has 0 saturated heterocycles. The summed E-state index contributed by atoms with van der Waals surface area (Å²) in [5.74, 6) is 0.861. The molecule has 0 aliphatic rings. The standard InChI is InChI=1S/C17H20BrNO2/c1-2-10-21-16-8-6-13(7-9-16)17(12-20)19-15-5-3-4-14(18)11-15/h3-9,11,17,19-20H,2,10,12H2,1H3. The minimum Gasteiger partial charge on any atom is -0.494 e. The summed E-state index contributed by atoms with van der Waals surface area (Å²) in [7, 11) is 0. The predicted molar refractivity (Wildman–Crippen MR) is 89.8 cm³/mol. The molecule has 2 rings (SSSR count). The molecular formula is C17H20BrNO2. The van der Waals surface area contributed by atoms with Crippen LogP contribution in [0, 0.1) is 0 Å². The van der Waals surface area contributed by atoms with Gasteiger partial charge in [-0.2, -0.15) is 0 Å². The molecule has 1 atom stereocenters. The van der Waals surface area contributed by atoms with Crippen molar-refractivity contribution in [2.45, 2.75) is 19.4 Å². The predicted octanol–water partition coefficient (Wildman–Crippen LogP) is 4.38. The van der Waals surface area contributed by atoms with Gasteiger partial charge in [0, 0.05) is 10.2 Å². The smallest absolute Gasteiger partial charge is 0.119 e. The molecule has 0 saturated carbocycles. The summed E-state index contributed by atoms with van der Waals surface area (Å²) >= 11 is 3.44. The zero-order chi connectivity index (χ0) is 15.1. The van der Waals surface area contributed by atoms with E-state index in [4.69, 9.17) is 4.74 Å². The van der Waals surface area contributed by atoms with Gasteiger partial charge in [0.25, 0.3) is 0 Å². The van der Waals surface area contributed by atoms with Gasteiger partial charge in [-0.15, -0.1) is 0 Å². The van der Waals surface area contributed by atoms with Gasteiger partial charge in [0.05, 0.1) is 19.3 Å². The summed E-state index contributed by atoms with van der Waals surface area (Å²) in [6.07, 6.45) is 0.992. The molecule has 3 nitrogen and oxygen atoms in total. The Balaban J connectivity index is 2.06. The highest BCUT2D eigenvalue weighted by Crippen LogP contribution is 2.23. The highest BCUT2D eigenvalue weighted by Gasteiger charge is 2.10. The van der Waals surface area contributed by atoms with E-state index < -0.39 is 0 Å². The zero-order valence-corrected chi connectivity index (χ0v) is 13.6. The molecule has 0 spiro atoms. The molecule has 4 heteroatoms. The van der Waals surface area contributed by atoms with Crippen molar-refractivity contribution in [1.29, 1.82) is 0 Å². The van der Waals surface area contributed by atoms with Crippen LogP contribution in [-0.2, 0) is 0 Å². The Morgan fingerprint density at radius 2 is 1.95 bits per heavy atom. The van der Waals surface area contributed by atoms with E-state index in [9.17, 15) is 5.11 Å². The second kappa shape index (κ2) is 8.05. The number of halogens is 1. The monoisotopic (exact) mass is 349 g/mol. The van der Waals surface area contributed by atoms with Crippen molar-refractivity contribution in [2.75, 3.05) is 18.5 Å². The quantitative estimate of drug-likeness (QED) is 0.779. The molecule has 2 aromatic rings. The van der Waals surface area contributed by atoms with Gasteiger partial charge < -0.3 is 15.2 Å². The van der Waals surface area contributed by atoms with E-state index in [2.05, 4.69) is 28.2 Å². The van der Waals surface area contributed by atoms with Gasteiger partial charge in [0.2, 0.25) is 0 Å². The number of hydrogen-bond donors (Lipinski definition) is 2. The molecule has 112 valence electrons. The minimum atomic E-state index is -0.139. The number of aliphatic hydroxyl groups excluding tert-OH is 1. The zero-order valence-electron chi connectivity index (χ0n) is 12.1. The maximum Gasteiger partial charge on any atom is 0.119 e. The van der Waals surface area contributed by atoms with Crippen LogP contribution in [0.15, 0.2) is 53.0 Å². The van der Waals surface area contributed by atoms with Gasteiger partial charge >= 0.3 is 0 Å². The first-order valence-corrected chi connectivity index (χ1v) is 7.88. The van der Waals surface area contributed by atoms with Crippen molar-refractivity contribution in [1.82, 2.24) is 0 Å². The SMILES string of the molecule is CCCOc1ccc(C(CO)Nc2cccc(Br)c2)cc1. The fourth-order valence-electron chi connectivity index (χ4n) is 2.03. The van der Waals surface area contributed by atoms with Crippen molar-refractivity contribution in [3.8, 4) is 5.75 Å². The Kier molecular flexibility index (Phi) is 6.08. The number of anilines is 1. The average molecular weight is 350 g/mol. The summed E-state index contributed by atoms with van der Waals surface area (Å²) in [4.78, 5) is 0. The van der Waals surface area contributed by atoms with Crippen LogP contribution >= 0.6 is 15.9 Å². The molecule has 0 aliphatic heterocycles. The van der Waals surface area contributed by atoms with Crippen LogP contribution in [0.1, 0.15) is 24.9 Å². The third-order valence-electron chi connectivity index (χ3n) is 3.10. The number of rotatable bonds is 7. The molecule has 0 radical (unpaired) electrons. The van der Waals surface area contributed by atoms with Crippen LogP contribution in [0.5, 0.6) is 5.75 Å². The summed E-state index contributed by atoms with van der Waals surface area (Å²) in [5, 5.41) is 12.9. The van der Waals surface area contributed by atoms with E-state index in [1.807, 2.05) is 48.5 Å². The maximum atomic E-state index is 9.62. The summed E-state index contributed by atoms with van der Waals surface area (Å²) < 4.78 is 6.58. The first-order chi connectivity index (χ1) is 10.2. The van der Waals surface area contributed by atoms with Gasteiger partial charge in [-0.05, 0) is 42.3 Å². The normalized spacial score (nSPS) is 12.0. The lowest BCUT2D eigenvalue weighted by Crippen LogP contribution is -2.14. The third kappa shape index (κ3) is 4.76. The Morgan fingerprint density at radius 3 is 2.57 bits per heavy atom. The van der Waals surface area contributed by atoms with Crippen LogP contribution < -0.4 is 10.1 Å². The Morgan fingerprint density at radius 1 is 1.19 bits per heavy atom. The van der Waals surface area contributed by atoms with Gasteiger partial charge in [-0.1, -0.05) is 41.1 Å². The maximum absolute atomic E-state index is 9.62. The number of ether oxygens (including phenoxy) is 1. The fraction of sp³-hybridized carbons (Fsp3) is 0.294. The largest absolute Gasteiger partial charge is 0.494 e. The molecule has 0 fully saturated rings. The van der Waals surface area contributed by atoms with Crippen molar-refractivity contribution in [3.63, 3.8) is 0 Å². The molecule has 0 heterocycles. The van der Waals surface area contributed by atoms with E-state index in [0.717, 1.165) is 34.5 Å².